The van der Waals surface area contributed by atoms with Crippen molar-refractivity contribution in [2.45, 2.75) is 77.9 Å². The number of aromatic nitrogens is 2. The summed E-state index contributed by atoms with van der Waals surface area (Å²) < 4.78 is 0. The lowest BCUT2D eigenvalue weighted by atomic mass is 10.0. The van der Waals surface area contributed by atoms with Gasteiger partial charge >= 0.3 is 0 Å². The van der Waals surface area contributed by atoms with Gasteiger partial charge in [-0.05, 0) is 39.0 Å². The molecule has 0 spiro atoms. The van der Waals surface area contributed by atoms with Crippen molar-refractivity contribution >= 4 is 17.5 Å². The Morgan fingerprint density at radius 2 is 1.65 bits per heavy atom. The van der Waals surface area contributed by atoms with Crippen molar-refractivity contribution in [1.82, 2.24) is 19.8 Å². The molecule has 4 heterocycles. The molecule has 1 aromatic heterocycles. The Labute approximate surface area is 187 Å². The minimum atomic E-state index is 0.308. The molecule has 3 aliphatic heterocycles. The first kappa shape index (κ1) is 22.3. The van der Waals surface area contributed by atoms with E-state index in [0.717, 1.165) is 63.7 Å². The molecule has 0 N–H and O–H groups in total. The van der Waals surface area contributed by atoms with Crippen LogP contribution in [0.5, 0.6) is 0 Å². The van der Waals surface area contributed by atoms with Crippen molar-refractivity contribution in [3.8, 4) is 0 Å². The fourth-order valence-electron chi connectivity index (χ4n) is 5.24. The van der Waals surface area contributed by atoms with Gasteiger partial charge in [0.15, 0.2) is 0 Å². The Morgan fingerprint density at radius 1 is 1.03 bits per heavy atom. The number of carbonyl (C=O) groups is 1. The maximum Gasteiger partial charge on any atom is 0.225 e. The molecule has 3 saturated heterocycles. The van der Waals surface area contributed by atoms with E-state index < -0.39 is 0 Å². The molecule has 31 heavy (non-hydrogen) atoms. The van der Waals surface area contributed by atoms with Crippen molar-refractivity contribution in [2.24, 2.45) is 5.92 Å². The SMILES string of the molecule is CCC(C)CCC(=O)N1CCN(c2cnc(N3C4CCC3CN(C(C)C)C4)nc2)CC1. The second-order valence-corrected chi connectivity index (χ2v) is 10.0. The molecule has 0 saturated carbocycles. The summed E-state index contributed by atoms with van der Waals surface area (Å²) in [4.78, 5) is 31.4. The van der Waals surface area contributed by atoms with E-state index in [9.17, 15) is 4.79 Å². The summed E-state index contributed by atoms with van der Waals surface area (Å²) in [5.41, 5.74) is 1.07. The molecule has 3 atom stereocenters. The fourth-order valence-corrected chi connectivity index (χ4v) is 5.24. The van der Waals surface area contributed by atoms with Gasteiger partial charge in [-0.3, -0.25) is 9.69 Å². The number of amides is 1. The minimum absolute atomic E-state index is 0.308. The second-order valence-electron chi connectivity index (χ2n) is 10.0. The quantitative estimate of drug-likeness (QED) is 0.665. The molecule has 2 bridgehead atoms. The Bertz CT molecular complexity index is 716. The topological polar surface area (TPSA) is 55.8 Å². The van der Waals surface area contributed by atoms with E-state index in [-0.39, 0.29) is 0 Å². The van der Waals surface area contributed by atoms with Crippen LogP contribution >= 0.6 is 0 Å². The molecule has 0 aromatic carbocycles. The van der Waals surface area contributed by atoms with Crippen LogP contribution < -0.4 is 9.80 Å². The Morgan fingerprint density at radius 3 is 2.19 bits per heavy atom. The number of likely N-dealkylation sites (tertiary alicyclic amines) is 1. The van der Waals surface area contributed by atoms with E-state index in [1.54, 1.807) is 0 Å². The van der Waals surface area contributed by atoms with Crippen LogP contribution in [-0.4, -0.2) is 83.1 Å². The van der Waals surface area contributed by atoms with Crippen molar-refractivity contribution in [3.63, 3.8) is 0 Å². The monoisotopic (exact) mass is 428 g/mol. The number of hydrogen-bond donors (Lipinski definition) is 0. The zero-order valence-corrected chi connectivity index (χ0v) is 19.8. The Kier molecular flexibility index (Phi) is 6.99. The average molecular weight is 429 g/mol. The number of anilines is 2. The van der Waals surface area contributed by atoms with Crippen LogP contribution in [0.1, 0.15) is 59.8 Å². The lowest BCUT2D eigenvalue weighted by Gasteiger charge is -2.43. The second kappa shape index (κ2) is 9.72. The number of carbonyl (C=O) groups excluding carboxylic acids is 1. The summed E-state index contributed by atoms with van der Waals surface area (Å²) in [6.07, 6.45) is 9.27. The summed E-state index contributed by atoms with van der Waals surface area (Å²) in [6.45, 7) is 14.5. The van der Waals surface area contributed by atoms with Gasteiger partial charge in [0.05, 0.1) is 18.1 Å². The lowest BCUT2D eigenvalue weighted by Crippen LogP contribution is -2.56. The third kappa shape index (κ3) is 4.97. The number of nitrogens with zero attached hydrogens (tertiary/aromatic N) is 6. The predicted molar refractivity (Wildman–Crippen MR) is 126 cm³/mol. The molecule has 3 fully saturated rings. The normalized spacial score (nSPS) is 25.4. The third-order valence-electron chi connectivity index (χ3n) is 7.64. The molecule has 3 unspecified atom stereocenters. The highest BCUT2D eigenvalue weighted by Crippen LogP contribution is 2.34. The average Bonchev–Trinajstić information content (AvgIpc) is 3.06. The summed E-state index contributed by atoms with van der Waals surface area (Å²) in [7, 11) is 0. The van der Waals surface area contributed by atoms with Crippen LogP contribution in [0.4, 0.5) is 11.6 Å². The van der Waals surface area contributed by atoms with Gasteiger partial charge < -0.3 is 14.7 Å². The number of piperazine rings is 2. The molecule has 3 aliphatic rings. The van der Waals surface area contributed by atoms with E-state index in [2.05, 4.69) is 42.4 Å². The highest BCUT2D eigenvalue weighted by Gasteiger charge is 2.41. The third-order valence-corrected chi connectivity index (χ3v) is 7.64. The van der Waals surface area contributed by atoms with Gasteiger partial charge in [0.2, 0.25) is 11.9 Å². The van der Waals surface area contributed by atoms with Crippen LogP contribution in [-0.2, 0) is 4.79 Å². The van der Waals surface area contributed by atoms with Gasteiger partial charge in [-0.2, -0.15) is 0 Å². The van der Waals surface area contributed by atoms with Crippen molar-refractivity contribution < 1.29 is 4.79 Å². The van der Waals surface area contributed by atoms with Gasteiger partial charge in [0, 0.05) is 63.8 Å². The first-order valence-electron chi connectivity index (χ1n) is 12.3. The summed E-state index contributed by atoms with van der Waals surface area (Å²) >= 11 is 0. The maximum absolute atomic E-state index is 12.5. The van der Waals surface area contributed by atoms with Gasteiger partial charge in [0.25, 0.3) is 0 Å². The van der Waals surface area contributed by atoms with Crippen LogP contribution in [0.3, 0.4) is 0 Å². The van der Waals surface area contributed by atoms with E-state index in [4.69, 9.17) is 9.97 Å². The molecular weight excluding hydrogens is 388 g/mol. The zero-order chi connectivity index (χ0) is 22.0. The van der Waals surface area contributed by atoms with Crippen LogP contribution in [0.2, 0.25) is 0 Å². The molecule has 0 aliphatic carbocycles. The molecule has 7 nitrogen and oxygen atoms in total. The molecule has 172 valence electrons. The largest absolute Gasteiger partial charge is 0.365 e. The first-order valence-corrected chi connectivity index (χ1v) is 12.3. The van der Waals surface area contributed by atoms with E-state index in [1.165, 1.54) is 12.8 Å². The van der Waals surface area contributed by atoms with Crippen molar-refractivity contribution in [2.75, 3.05) is 49.1 Å². The zero-order valence-electron chi connectivity index (χ0n) is 19.8. The first-order chi connectivity index (χ1) is 15.0. The van der Waals surface area contributed by atoms with Crippen molar-refractivity contribution in [1.29, 1.82) is 0 Å². The van der Waals surface area contributed by atoms with Gasteiger partial charge in [-0.1, -0.05) is 20.3 Å². The van der Waals surface area contributed by atoms with Crippen LogP contribution in [0.15, 0.2) is 12.4 Å². The highest BCUT2D eigenvalue weighted by atomic mass is 16.2. The van der Waals surface area contributed by atoms with Crippen LogP contribution in [0.25, 0.3) is 0 Å². The molecule has 1 aromatic rings. The van der Waals surface area contributed by atoms with Gasteiger partial charge in [0.1, 0.15) is 0 Å². The maximum atomic E-state index is 12.5. The van der Waals surface area contributed by atoms with Crippen molar-refractivity contribution in [3.05, 3.63) is 12.4 Å². The summed E-state index contributed by atoms with van der Waals surface area (Å²) in [5.74, 6) is 1.82. The van der Waals surface area contributed by atoms with E-state index in [0.29, 0.717) is 36.4 Å². The van der Waals surface area contributed by atoms with Gasteiger partial charge in [-0.15, -0.1) is 0 Å². The van der Waals surface area contributed by atoms with E-state index in [1.807, 2.05) is 17.3 Å². The van der Waals surface area contributed by atoms with E-state index >= 15 is 0 Å². The molecule has 4 rings (SSSR count). The summed E-state index contributed by atoms with van der Waals surface area (Å²) in [6, 6.07) is 1.68. The molecular formula is C24H40N6O. The number of rotatable bonds is 7. The highest BCUT2D eigenvalue weighted by molar-refractivity contribution is 5.76. The summed E-state index contributed by atoms with van der Waals surface area (Å²) in [5, 5.41) is 0. The Hall–Kier alpha value is -1.89. The number of hydrogen-bond acceptors (Lipinski definition) is 6. The van der Waals surface area contributed by atoms with Crippen LogP contribution in [0, 0.1) is 5.92 Å². The van der Waals surface area contributed by atoms with Gasteiger partial charge in [-0.25, -0.2) is 9.97 Å². The predicted octanol–water partition coefficient (Wildman–Crippen LogP) is 3.01. The standard InChI is InChI=1S/C24H40N6O/c1-5-19(4)6-9-23(31)28-12-10-27(11-13-28)22-14-25-24(26-15-22)30-20-7-8-21(30)17-29(16-20)18(2)3/h14-15,18-21H,5-13,16-17H2,1-4H3. The molecule has 1 amide bonds. The fraction of sp³-hybridized carbons (Fsp3) is 0.792. The number of fused-ring (bicyclic) bond motifs is 2. The molecule has 0 radical (unpaired) electrons. The lowest BCUT2D eigenvalue weighted by molar-refractivity contribution is -0.131. The Balaban J connectivity index is 1.30. The molecule has 7 heteroatoms. The smallest absolute Gasteiger partial charge is 0.225 e. The minimum Gasteiger partial charge on any atom is -0.365 e.